The summed E-state index contributed by atoms with van der Waals surface area (Å²) in [5.41, 5.74) is 5.29. The summed E-state index contributed by atoms with van der Waals surface area (Å²) in [5, 5.41) is 6.26. The van der Waals surface area contributed by atoms with Crippen LogP contribution < -0.4 is 10.1 Å². The van der Waals surface area contributed by atoms with Gasteiger partial charge in [0, 0.05) is 38.5 Å². The molecule has 0 aliphatic rings. The number of nitrogens with one attached hydrogen (secondary N) is 1. The number of nitrogens with zero attached hydrogens (tertiary/aromatic N) is 1. The van der Waals surface area contributed by atoms with Crippen LogP contribution in [0.3, 0.4) is 0 Å². The number of carbonyl (C=O) groups is 1. The molecule has 0 fully saturated rings. The smallest absolute Gasteiger partial charge is 0.250 e. The van der Waals surface area contributed by atoms with Crippen molar-refractivity contribution in [1.82, 2.24) is 4.98 Å². The maximum atomic E-state index is 12.5. The fourth-order valence-electron chi connectivity index (χ4n) is 3.32. The molecule has 2 aromatic carbocycles. The standard InChI is InChI=1S/C24H21BrN2O3S/c1-4-29-21-11-22-19(20(12-30-22)16-5-7-17(25)8-6-16)10-18(21)14(2)9-23(28)27-24-26-15(3)13-31-24/h5-13H,4H2,1-3H3,(H,26,27,28)/b14-9+. The highest BCUT2D eigenvalue weighted by Gasteiger charge is 2.15. The molecule has 0 saturated heterocycles. The lowest BCUT2D eigenvalue weighted by Gasteiger charge is -2.11. The highest BCUT2D eigenvalue weighted by Crippen LogP contribution is 2.37. The van der Waals surface area contributed by atoms with Crippen LogP contribution in [-0.4, -0.2) is 17.5 Å². The number of ether oxygens (including phenoxy) is 1. The third kappa shape index (κ3) is 4.73. The lowest BCUT2D eigenvalue weighted by Crippen LogP contribution is -2.08. The molecule has 2 aromatic heterocycles. The van der Waals surface area contributed by atoms with Gasteiger partial charge in [-0.1, -0.05) is 28.1 Å². The Hall–Kier alpha value is -2.90. The van der Waals surface area contributed by atoms with E-state index in [9.17, 15) is 4.79 Å². The molecule has 0 unspecified atom stereocenters. The normalized spacial score (nSPS) is 11.7. The van der Waals surface area contributed by atoms with Crippen molar-refractivity contribution in [3.05, 3.63) is 69.8 Å². The minimum absolute atomic E-state index is 0.227. The summed E-state index contributed by atoms with van der Waals surface area (Å²) in [6.45, 7) is 6.23. The predicted octanol–water partition coefficient (Wildman–Crippen LogP) is 7.07. The molecule has 2 heterocycles. The van der Waals surface area contributed by atoms with E-state index in [1.54, 1.807) is 12.3 Å². The van der Waals surface area contributed by atoms with Crippen molar-refractivity contribution >= 4 is 54.8 Å². The van der Waals surface area contributed by atoms with E-state index in [0.717, 1.165) is 43.4 Å². The molecule has 0 radical (unpaired) electrons. The van der Waals surface area contributed by atoms with Crippen molar-refractivity contribution in [1.29, 1.82) is 0 Å². The molecule has 0 bridgehead atoms. The van der Waals surface area contributed by atoms with Crippen molar-refractivity contribution in [3.8, 4) is 16.9 Å². The zero-order valence-corrected chi connectivity index (χ0v) is 19.8. The van der Waals surface area contributed by atoms with Crippen LogP contribution in [0.25, 0.3) is 27.7 Å². The van der Waals surface area contributed by atoms with E-state index in [1.165, 1.54) is 11.3 Å². The first-order valence-corrected chi connectivity index (χ1v) is 11.5. The van der Waals surface area contributed by atoms with Gasteiger partial charge in [-0.2, -0.15) is 0 Å². The van der Waals surface area contributed by atoms with E-state index in [1.807, 2.05) is 62.5 Å². The molecular formula is C24H21BrN2O3S. The number of anilines is 1. The number of hydrogen-bond acceptors (Lipinski definition) is 5. The molecule has 31 heavy (non-hydrogen) atoms. The number of carbonyl (C=O) groups excluding carboxylic acids is 1. The maximum Gasteiger partial charge on any atom is 0.250 e. The number of thiazole rings is 1. The second kappa shape index (κ2) is 9.08. The van der Waals surface area contributed by atoms with Crippen molar-refractivity contribution in [2.75, 3.05) is 11.9 Å². The van der Waals surface area contributed by atoms with Gasteiger partial charge in [-0.05, 0) is 50.1 Å². The lowest BCUT2D eigenvalue weighted by atomic mass is 9.99. The Morgan fingerprint density at radius 1 is 1.29 bits per heavy atom. The van der Waals surface area contributed by atoms with Crippen LogP contribution in [0.4, 0.5) is 5.13 Å². The van der Waals surface area contributed by atoms with Crippen LogP contribution in [0.5, 0.6) is 5.75 Å². The molecule has 1 N–H and O–H groups in total. The van der Waals surface area contributed by atoms with Gasteiger partial charge in [0.2, 0.25) is 5.91 Å². The zero-order valence-electron chi connectivity index (χ0n) is 17.4. The number of furan rings is 1. The van der Waals surface area contributed by atoms with E-state index in [4.69, 9.17) is 9.15 Å². The number of hydrogen-bond donors (Lipinski definition) is 1. The summed E-state index contributed by atoms with van der Waals surface area (Å²) >= 11 is 4.88. The van der Waals surface area contributed by atoms with Gasteiger partial charge < -0.3 is 9.15 Å². The molecule has 0 aliphatic carbocycles. The largest absolute Gasteiger partial charge is 0.493 e. The fourth-order valence-corrected chi connectivity index (χ4v) is 4.27. The van der Waals surface area contributed by atoms with Gasteiger partial charge in [0.05, 0.1) is 18.6 Å². The first-order valence-electron chi connectivity index (χ1n) is 9.80. The molecule has 7 heteroatoms. The SMILES string of the molecule is CCOc1cc2occ(-c3ccc(Br)cc3)c2cc1/C(C)=C/C(=O)Nc1nc(C)cs1. The van der Waals surface area contributed by atoms with Gasteiger partial charge in [-0.3, -0.25) is 10.1 Å². The topological polar surface area (TPSA) is 64.4 Å². The highest BCUT2D eigenvalue weighted by molar-refractivity contribution is 9.10. The first-order chi connectivity index (χ1) is 14.9. The molecule has 4 aromatic rings. The van der Waals surface area contributed by atoms with Crippen molar-refractivity contribution < 1.29 is 13.9 Å². The predicted molar refractivity (Wildman–Crippen MR) is 130 cm³/mol. The summed E-state index contributed by atoms with van der Waals surface area (Å²) < 4.78 is 12.7. The van der Waals surface area contributed by atoms with E-state index < -0.39 is 0 Å². The van der Waals surface area contributed by atoms with Crippen LogP contribution in [0.1, 0.15) is 25.1 Å². The third-order valence-corrected chi connectivity index (χ3v) is 6.16. The fraction of sp³-hybridized carbons (Fsp3) is 0.167. The molecule has 0 aliphatic heterocycles. The van der Waals surface area contributed by atoms with Gasteiger partial charge in [0.25, 0.3) is 0 Å². The molecular weight excluding hydrogens is 476 g/mol. The quantitative estimate of drug-likeness (QED) is 0.290. The molecule has 0 atom stereocenters. The summed E-state index contributed by atoms with van der Waals surface area (Å²) in [6, 6.07) is 12.0. The lowest BCUT2D eigenvalue weighted by molar-refractivity contribution is -0.111. The third-order valence-electron chi connectivity index (χ3n) is 4.75. The number of benzene rings is 2. The van der Waals surface area contributed by atoms with Gasteiger partial charge >= 0.3 is 0 Å². The van der Waals surface area contributed by atoms with Crippen molar-refractivity contribution in [2.24, 2.45) is 0 Å². The van der Waals surface area contributed by atoms with Gasteiger partial charge in [-0.15, -0.1) is 11.3 Å². The summed E-state index contributed by atoms with van der Waals surface area (Å²) in [7, 11) is 0. The number of rotatable bonds is 6. The number of halogens is 1. The van der Waals surface area contributed by atoms with E-state index >= 15 is 0 Å². The Morgan fingerprint density at radius 3 is 2.74 bits per heavy atom. The Kier molecular flexibility index (Phi) is 6.25. The van der Waals surface area contributed by atoms with E-state index in [0.29, 0.717) is 17.5 Å². The second-order valence-electron chi connectivity index (χ2n) is 7.04. The summed E-state index contributed by atoms with van der Waals surface area (Å²) in [6.07, 6.45) is 3.32. The van der Waals surface area contributed by atoms with Crippen LogP contribution >= 0.6 is 27.3 Å². The monoisotopic (exact) mass is 496 g/mol. The van der Waals surface area contributed by atoms with E-state index in [-0.39, 0.29) is 5.91 Å². The average Bonchev–Trinajstić information content (AvgIpc) is 3.33. The minimum Gasteiger partial charge on any atom is -0.493 e. The Morgan fingerprint density at radius 2 is 2.06 bits per heavy atom. The number of aryl methyl sites for hydroxylation is 1. The molecule has 1 amide bonds. The molecule has 5 nitrogen and oxygen atoms in total. The van der Waals surface area contributed by atoms with Crippen LogP contribution in [0, 0.1) is 6.92 Å². The number of fused-ring (bicyclic) bond motifs is 1. The van der Waals surface area contributed by atoms with Gasteiger partial charge in [0.15, 0.2) is 5.13 Å². The van der Waals surface area contributed by atoms with Crippen LogP contribution in [-0.2, 0) is 4.79 Å². The average molecular weight is 497 g/mol. The Bertz CT molecular complexity index is 1270. The highest BCUT2D eigenvalue weighted by atomic mass is 79.9. The summed E-state index contributed by atoms with van der Waals surface area (Å²) in [4.78, 5) is 16.8. The molecule has 4 rings (SSSR count). The Labute approximate surface area is 192 Å². The Balaban J connectivity index is 1.73. The maximum absolute atomic E-state index is 12.5. The van der Waals surface area contributed by atoms with Gasteiger partial charge in [0.1, 0.15) is 11.3 Å². The van der Waals surface area contributed by atoms with E-state index in [2.05, 4.69) is 26.2 Å². The number of allylic oxidation sites excluding steroid dienone is 1. The van der Waals surface area contributed by atoms with Crippen LogP contribution in [0.2, 0.25) is 0 Å². The number of aromatic nitrogens is 1. The van der Waals surface area contributed by atoms with Crippen molar-refractivity contribution in [2.45, 2.75) is 20.8 Å². The van der Waals surface area contributed by atoms with Crippen LogP contribution in [0.15, 0.2) is 63.0 Å². The minimum atomic E-state index is -0.227. The van der Waals surface area contributed by atoms with Gasteiger partial charge in [-0.25, -0.2) is 4.98 Å². The second-order valence-corrected chi connectivity index (χ2v) is 8.82. The molecule has 158 valence electrons. The molecule has 0 saturated carbocycles. The van der Waals surface area contributed by atoms with Crippen molar-refractivity contribution in [3.63, 3.8) is 0 Å². The molecule has 0 spiro atoms. The number of amides is 1. The summed E-state index contributed by atoms with van der Waals surface area (Å²) in [5.74, 6) is 0.452. The zero-order chi connectivity index (χ0) is 22.0. The first kappa shape index (κ1) is 21.3.